The molecular formula is C22H20N4O4S. The van der Waals surface area contributed by atoms with E-state index >= 15 is 0 Å². The molecule has 158 valence electrons. The van der Waals surface area contributed by atoms with Crippen LogP contribution >= 0.6 is 0 Å². The van der Waals surface area contributed by atoms with Crippen molar-refractivity contribution in [3.8, 4) is 0 Å². The Bertz CT molecular complexity index is 1300. The molecule has 4 rings (SSSR count). The molecule has 3 aromatic carbocycles. The first-order valence-corrected chi connectivity index (χ1v) is 11.0. The number of anilines is 1. The number of benzene rings is 3. The minimum absolute atomic E-state index is 0.0266. The second kappa shape index (κ2) is 8.68. The van der Waals surface area contributed by atoms with E-state index in [1.54, 1.807) is 48.8 Å². The van der Waals surface area contributed by atoms with E-state index in [2.05, 4.69) is 20.0 Å². The number of hydrogen-bond donors (Lipinski definition) is 4. The van der Waals surface area contributed by atoms with Gasteiger partial charge >= 0.3 is 0 Å². The van der Waals surface area contributed by atoms with Crippen molar-refractivity contribution in [2.24, 2.45) is 0 Å². The minimum Gasteiger partial charge on any atom is -0.394 e. The van der Waals surface area contributed by atoms with Crippen molar-refractivity contribution in [3.63, 3.8) is 0 Å². The van der Waals surface area contributed by atoms with Gasteiger partial charge in [-0.25, -0.2) is 18.1 Å². The Hall–Kier alpha value is -3.53. The number of sulfonamides is 1. The van der Waals surface area contributed by atoms with Gasteiger partial charge in [-0.3, -0.25) is 4.79 Å². The highest BCUT2D eigenvalue weighted by molar-refractivity contribution is 7.89. The van der Waals surface area contributed by atoms with Gasteiger partial charge in [0, 0.05) is 11.3 Å². The van der Waals surface area contributed by atoms with Crippen LogP contribution in [0, 0.1) is 0 Å². The van der Waals surface area contributed by atoms with Crippen LogP contribution in [0.4, 0.5) is 5.69 Å². The summed E-state index contributed by atoms with van der Waals surface area (Å²) in [6.45, 7) is -0.377. The van der Waals surface area contributed by atoms with Crippen LogP contribution in [0.3, 0.4) is 0 Å². The number of imidazole rings is 1. The Morgan fingerprint density at radius 1 is 1.03 bits per heavy atom. The monoisotopic (exact) mass is 436 g/mol. The fourth-order valence-electron chi connectivity index (χ4n) is 3.15. The standard InChI is InChI=1S/C22H20N4O4S/c27-13-21(15-4-2-1-3-5-15)26-31(29,30)18-9-7-17(8-10-18)25-22(28)16-6-11-19-20(12-16)24-14-23-19/h1-12,14,21,26-27H,13H2,(H,23,24)(H,25,28)/t21-/m0/s1. The molecule has 0 aliphatic rings. The van der Waals surface area contributed by atoms with Gasteiger partial charge < -0.3 is 15.4 Å². The summed E-state index contributed by atoms with van der Waals surface area (Å²) in [5.41, 5.74) is 3.07. The zero-order chi connectivity index (χ0) is 21.8. The fraction of sp³-hybridized carbons (Fsp3) is 0.0909. The number of carbonyl (C=O) groups excluding carboxylic acids is 1. The molecular weight excluding hydrogens is 416 g/mol. The summed E-state index contributed by atoms with van der Waals surface area (Å²) < 4.78 is 27.9. The lowest BCUT2D eigenvalue weighted by Gasteiger charge is -2.17. The number of fused-ring (bicyclic) bond motifs is 1. The first-order chi connectivity index (χ1) is 15.0. The number of aliphatic hydroxyl groups excluding tert-OH is 1. The van der Waals surface area contributed by atoms with E-state index in [0.717, 1.165) is 11.0 Å². The summed E-state index contributed by atoms with van der Waals surface area (Å²) in [6, 6.07) is 19.0. The number of nitrogens with zero attached hydrogens (tertiary/aromatic N) is 1. The van der Waals surface area contributed by atoms with Gasteiger partial charge in [0.15, 0.2) is 0 Å². The molecule has 31 heavy (non-hydrogen) atoms. The Balaban J connectivity index is 1.47. The van der Waals surface area contributed by atoms with Crippen LogP contribution in [0.25, 0.3) is 11.0 Å². The van der Waals surface area contributed by atoms with Crippen molar-refractivity contribution < 1.29 is 18.3 Å². The lowest BCUT2D eigenvalue weighted by atomic mass is 10.1. The van der Waals surface area contributed by atoms with Gasteiger partial charge in [0.25, 0.3) is 5.91 Å². The Kier molecular flexibility index (Phi) is 5.81. The van der Waals surface area contributed by atoms with Crippen LogP contribution in [0.5, 0.6) is 0 Å². The molecule has 0 unspecified atom stereocenters. The number of rotatable bonds is 7. The van der Waals surface area contributed by atoms with Crippen molar-refractivity contribution in [2.75, 3.05) is 11.9 Å². The Morgan fingerprint density at radius 2 is 1.77 bits per heavy atom. The topological polar surface area (TPSA) is 124 Å². The van der Waals surface area contributed by atoms with Crippen molar-refractivity contribution in [2.45, 2.75) is 10.9 Å². The first kappa shape index (κ1) is 20.7. The molecule has 8 nitrogen and oxygen atoms in total. The number of H-pyrrole nitrogens is 1. The largest absolute Gasteiger partial charge is 0.394 e. The summed E-state index contributed by atoms with van der Waals surface area (Å²) in [4.78, 5) is 19.6. The molecule has 1 amide bonds. The summed E-state index contributed by atoms with van der Waals surface area (Å²) in [5.74, 6) is -0.324. The molecule has 4 N–H and O–H groups in total. The molecule has 0 spiro atoms. The summed E-state index contributed by atoms with van der Waals surface area (Å²) in [6.07, 6.45) is 1.55. The normalized spacial score (nSPS) is 12.5. The lowest BCUT2D eigenvalue weighted by Crippen LogP contribution is -2.30. The SMILES string of the molecule is O=C(Nc1ccc(S(=O)(=O)N[C@@H](CO)c2ccccc2)cc1)c1ccc2nc[nH]c2c1. The lowest BCUT2D eigenvalue weighted by molar-refractivity contribution is 0.102. The molecule has 1 atom stereocenters. The molecule has 0 aliphatic heterocycles. The number of aromatic amines is 1. The molecule has 9 heteroatoms. The molecule has 0 bridgehead atoms. The van der Waals surface area contributed by atoms with Gasteiger partial charge in [0.05, 0.1) is 34.9 Å². The molecule has 1 aromatic heterocycles. The van der Waals surface area contributed by atoms with Crippen molar-refractivity contribution in [1.29, 1.82) is 0 Å². The van der Waals surface area contributed by atoms with Gasteiger partial charge in [-0.1, -0.05) is 30.3 Å². The average Bonchev–Trinajstić information content (AvgIpc) is 3.26. The predicted octanol–water partition coefficient (Wildman–Crippen LogP) is 2.83. The zero-order valence-electron chi connectivity index (χ0n) is 16.3. The summed E-state index contributed by atoms with van der Waals surface area (Å²) in [5, 5.41) is 12.4. The highest BCUT2D eigenvalue weighted by Gasteiger charge is 2.21. The highest BCUT2D eigenvalue weighted by Crippen LogP contribution is 2.20. The van der Waals surface area contributed by atoms with E-state index in [1.807, 2.05) is 6.07 Å². The van der Waals surface area contributed by atoms with E-state index in [-0.39, 0.29) is 17.4 Å². The van der Waals surface area contributed by atoms with Crippen LogP contribution in [-0.2, 0) is 10.0 Å². The Labute approximate surface area is 179 Å². The average molecular weight is 436 g/mol. The number of amides is 1. The number of nitrogens with one attached hydrogen (secondary N) is 3. The minimum atomic E-state index is -3.87. The predicted molar refractivity (Wildman–Crippen MR) is 117 cm³/mol. The molecule has 0 radical (unpaired) electrons. The first-order valence-electron chi connectivity index (χ1n) is 9.49. The number of hydrogen-bond acceptors (Lipinski definition) is 5. The summed E-state index contributed by atoms with van der Waals surface area (Å²) in [7, 11) is -3.87. The fourth-order valence-corrected chi connectivity index (χ4v) is 4.36. The zero-order valence-corrected chi connectivity index (χ0v) is 17.1. The molecule has 1 heterocycles. The molecule has 0 saturated heterocycles. The molecule has 4 aromatic rings. The maximum Gasteiger partial charge on any atom is 0.255 e. The van der Waals surface area contributed by atoms with Gasteiger partial charge in [-0.05, 0) is 48.0 Å². The van der Waals surface area contributed by atoms with Crippen LogP contribution < -0.4 is 10.0 Å². The van der Waals surface area contributed by atoms with E-state index < -0.39 is 16.1 Å². The smallest absolute Gasteiger partial charge is 0.255 e. The molecule has 0 saturated carbocycles. The highest BCUT2D eigenvalue weighted by atomic mass is 32.2. The van der Waals surface area contributed by atoms with Crippen molar-refractivity contribution in [1.82, 2.24) is 14.7 Å². The van der Waals surface area contributed by atoms with Gasteiger partial charge in [0.2, 0.25) is 10.0 Å². The molecule has 0 fully saturated rings. The van der Waals surface area contributed by atoms with Crippen molar-refractivity contribution in [3.05, 3.63) is 90.3 Å². The second-order valence-corrected chi connectivity index (χ2v) is 8.59. The quantitative estimate of drug-likeness (QED) is 0.355. The van der Waals surface area contributed by atoms with Gasteiger partial charge in [-0.2, -0.15) is 0 Å². The van der Waals surface area contributed by atoms with Gasteiger partial charge in [-0.15, -0.1) is 0 Å². The third-order valence-corrected chi connectivity index (χ3v) is 6.27. The van der Waals surface area contributed by atoms with Crippen LogP contribution in [0.2, 0.25) is 0 Å². The molecule has 0 aliphatic carbocycles. The van der Waals surface area contributed by atoms with E-state index in [4.69, 9.17) is 0 Å². The Morgan fingerprint density at radius 3 is 2.48 bits per heavy atom. The van der Waals surface area contributed by atoms with E-state index in [0.29, 0.717) is 16.8 Å². The third kappa shape index (κ3) is 4.64. The van der Waals surface area contributed by atoms with Crippen molar-refractivity contribution >= 4 is 32.7 Å². The van der Waals surface area contributed by atoms with Crippen LogP contribution in [0.15, 0.2) is 84.0 Å². The van der Waals surface area contributed by atoms with Crippen LogP contribution in [0.1, 0.15) is 22.0 Å². The maximum atomic E-state index is 12.7. The number of aliphatic hydroxyl groups is 1. The number of carbonyl (C=O) groups is 1. The van der Waals surface area contributed by atoms with E-state index in [1.165, 1.54) is 24.3 Å². The third-order valence-electron chi connectivity index (χ3n) is 4.79. The van der Waals surface area contributed by atoms with Crippen LogP contribution in [-0.4, -0.2) is 36.0 Å². The second-order valence-electron chi connectivity index (χ2n) is 6.88. The maximum absolute atomic E-state index is 12.7. The van der Waals surface area contributed by atoms with Gasteiger partial charge in [0.1, 0.15) is 0 Å². The van der Waals surface area contributed by atoms with E-state index in [9.17, 15) is 18.3 Å². The summed E-state index contributed by atoms with van der Waals surface area (Å²) >= 11 is 0. The number of aromatic nitrogens is 2.